The Morgan fingerprint density at radius 3 is 2.48 bits per heavy atom. The number of nitrogens with one attached hydrogen (secondary N) is 2. The Balaban J connectivity index is 2.13. The standard InChI is InChI=1S/C19H23FN2O4S/c1-5-26-18-9-8-16(10-13(18)3)27(24,25)22-14(4)19(23)21-17-11-15(20)7-6-12(17)2/h6-11,14,22H,5H2,1-4H3,(H,21,23)/t14-/m1/s1. The third-order valence-electron chi connectivity index (χ3n) is 3.94. The monoisotopic (exact) mass is 394 g/mol. The van der Waals surface area contributed by atoms with Gasteiger partial charge in [0.2, 0.25) is 15.9 Å². The summed E-state index contributed by atoms with van der Waals surface area (Å²) in [6, 6.07) is 7.42. The van der Waals surface area contributed by atoms with E-state index < -0.39 is 27.8 Å². The van der Waals surface area contributed by atoms with Crippen molar-refractivity contribution in [1.82, 2.24) is 4.72 Å². The van der Waals surface area contributed by atoms with E-state index >= 15 is 0 Å². The van der Waals surface area contributed by atoms with E-state index in [-0.39, 0.29) is 4.90 Å². The Labute approximate surface area is 158 Å². The van der Waals surface area contributed by atoms with Crippen molar-refractivity contribution < 1.29 is 22.3 Å². The van der Waals surface area contributed by atoms with E-state index in [2.05, 4.69) is 10.0 Å². The Morgan fingerprint density at radius 1 is 1.15 bits per heavy atom. The summed E-state index contributed by atoms with van der Waals surface area (Å²) >= 11 is 0. The number of sulfonamides is 1. The molecule has 0 unspecified atom stereocenters. The van der Waals surface area contributed by atoms with Crippen molar-refractivity contribution in [3.63, 3.8) is 0 Å². The highest BCUT2D eigenvalue weighted by molar-refractivity contribution is 7.89. The minimum absolute atomic E-state index is 0.0324. The molecule has 146 valence electrons. The topological polar surface area (TPSA) is 84.5 Å². The summed E-state index contributed by atoms with van der Waals surface area (Å²) in [4.78, 5) is 12.3. The van der Waals surface area contributed by atoms with Crippen LogP contribution < -0.4 is 14.8 Å². The average Bonchev–Trinajstić information content (AvgIpc) is 2.59. The van der Waals surface area contributed by atoms with Gasteiger partial charge in [-0.15, -0.1) is 0 Å². The lowest BCUT2D eigenvalue weighted by Crippen LogP contribution is -2.41. The molecule has 0 bridgehead atoms. The van der Waals surface area contributed by atoms with E-state index in [4.69, 9.17) is 4.74 Å². The maximum absolute atomic E-state index is 13.3. The Bertz CT molecular complexity index is 945. The van der Waals surface area contributed by atoms with Crippen molar-refractivity contribution in [3.05, 3.63) is 53.3 Å². The van der Waals surface area contributed by atoms with Crippen LogP contribution in [-0.4, -0.2) is 27.0 Å². The number of aryl methyl sites for hydroxylation is 2. The summed E-state index contributed by atoms with van der Waals surface area (Å²) in [5.41, 5.74) is 1.64. The highest BCUT2D eigenvalue weighted by Crippen LogP contribution is 2.22. The van der Waals surface area contributed by atoms with Crippen LogP contribution in [0, 0.1) is 19.7 Å². The molecule has 0 aromatic heterocycles. The predicted octanol–water partition coefficient (Wildman–Crippen LogP) is 3.15. The van der Waals surface area contributed by atoms with Gasteiger partial charge in [-0.25, -0.2) is 12.8 Å². The maximum atomic E-state index is 13.3. The molecular weight excluding hydrogens is 371 g/mol. The van der Waals surface area contributed by atoms with E-state index in [1.54, 1.807) is 19.9 Å². The molecular formula is C19H23FN2O4S. The molecule has 0 aliphatic heterocycles. The number of carbonyl (C=O) groups is 1. The lowest BCUT2D eigenvalue weighted by molar-refractivity contribution is -0.117. The van der Waals surface area contributed by atoms with Gasteiger partial charge in [-0.3, -0.25) is 4.79 Å². The van der Waals surface area contributed by atoms with Crippen molar-refractivity contribution >= 4 is 21.6 Å². The molecule has 1 amide bonds. The average molecular weight is 394 g/mol. The van der Waals surface area contributed by atoms with Crippen molar-refractivity contribution in [1.29, 1.82) is 0 Å². The molecule has 0 spiro atoms. The molecule has 0 aliphatic rings. The predicted molar refractivity (Wildman–Crippen MR) is 102 cm³/mol. The molecule has 2 aromatic carbocycles. The smallest absolute Gasteiger partial charge is 0.242 e. The van der Waals surface area contributed by atoms with Crippen LogP contribution in [0.5, 0.6) is 5.75 Å². The zero-order chi connectivity index (χ0) is 20.2. The highest BCUT2D eigenvalue weighted by Gasteiger charge is 2.23. The van der Waals surface area contributed by atoms with Crippen LogP contribution >= 0.6 is 0 Å². The van der Waals surface area contributed by atoms with Gasteiger partial charge < -0.3 is 10.1 Å². The van der Waals surface area contributed by atoms with E-state index in [1.807, 2.05) is 6.92 Å². The summed E-state index contributed by atoms with van der Waals surface area (Å²) in [7, 11) is -3.91. The van der Waals surface area contributed by atoms with Gasteiger partial charge in [-0.2, -0.15) is 4.72 Å². The fraction of sp³-hybridized carbons (Fsp3) is 0.316. The van der Waals surface area contributed by atoms with Crippen LogP contribution in [0.1, 0.15) is 25.0 Å². The summed E-state index contributed by atoms with van der Waals surface area (Å²) in [6.07, 6.45) is 0. The number of amides is 1. The first kappa shape index (κ1) is 20.9. The van der Waals surface area contributed by atoms with Gasteiger partial charge in [0.15, 0.2) is 0 Å². The van der Waals surface area contributed by atoms with E-state index in [9.17, 15) is 17.6 Å². The molecule has 0 heterocycles. The first-order valence-corrected chi connectivity index (χ1v) is 9.95. The number of hydrogen-bond acceptors (Lipinski definition) is 4. The van der Waals surface area contributed by atoms with Crippen LogP contribution in [0.25, 0.3) is 0 Å². The molecule has 6 nitrogen and oxygen atoms in total. The fourth-order valence-electron chi connectivity index (χ4n) is 2.43. The van der Waals surface area contributed by atoms with Crippen molar-refractivity contribution in [2.45, 2.75) is 38.6 Å². The van der Waals surface area contributed by atoms with E-state index in [0.29, 0.717) is 29.2 Å². The third-order valence-corrected chi connectivity index (χ3v) is 5.48. The Morgan fingerprint density at radius 2 is 1.85 bits per heavy atom. The molecule has 0 fully saturated rings. The van der Waals surface area contributed by atoms with Crippen molar-refractivity contribution in [2.24, 2.45) is 0 Å². The van der Waals surface area contributed by atoms with Gasteiger partial charge in [0.25, 0.3) is 0 Å². The first-order valence-electron chi connectivity index (χ1n) is 8.47. The quantitative estimate of drug-likeness (QED) is 0.756. The SMILES string of the molecule is CCOc1ccc(S(=O)(=O)N[C@H](C)C(=O)Nc2cc(F)ccc2C)cc1C. The van der Waals surface area contributed by atoms with Crippen molar-refractivity contribution in [3.8, 4) is 5.75 Å². The maximum Gasteiger partial charge on any atom is 0.242 e. The molecule has 1 atom stereocenters. The second-order valence-electron chi connectivity index (χ2n) is 6.15. The molecule has 0 saturated carbocycles. The number of halogens is 1. The van der Waals surface area contributed by atoms with E-state index in [0.717, 1.165) is 0 Å². The molecule has 0 radical (unpaired) electrons. The van der Waals surface area contributed by atoms with Gasteiger partial charge in [0.05, 0.1) is 17.5 Å². The van der Waals surface area contributed by atoms with Crippen LogP contribution in [-0.2, 0) is 14.8 Å². The van der Waals surface area contributed by atoms with Gasteiger partial charge in [-0.05, 0) is 69.2 Å². The van der Waals surface area contributed by atoms with Crippen molar-refractivity contribution in [2.75, 3.05) is 11.9 Å². The molecule has 2 N–H and O–H groups in total. The minimum Gasteiger partial charge on any atom is -0.494 e. The molecule has 8 heteroatoms. The lowest BCUT2D eigenvalue weighted by Gasteiger charge is -2.16. The molecule has 27 heavy (non-hydrogen) atoms. The fourth-order valence-corrected chi connectivity index (χ4v) is 3.72. The van der Waals surface area contributed by atoms with Gasteiger partial charge >= 0.3 is 0 Å². The minimum atomic E-state index is -3.91. The molecule has 0 aliphatic carbocycles. The largest absolute Gasteiger partial charge is 0.494 e. The zero-order valence-electron chi connectivity index (χ0n) is 15.7. The Kier molecular flexibility index (Phi) is 6.56. The third kappa shape index (κ3) is 5.27. The number of hydrogen-bond donors (Lipinski definition) is 2. The summed E-state index contributed by atoms with van der Waals surface area (Å²) in [6.45, 7) is 7.19. The van der Waals surface area contributed by atoms with Crippen LogP contribution in [0.3, 0.4) is 0 Å². The number of benzene rings is 2. The normalized spacial score (nSPS) is 12.5. The Hall–Kier alpha value is -2.45. The first-order chi connectivity index (χ1) is 12.6. The summed E-state index contributed by atoms with van der Waals surface area (Å²) < 4.78 is 46.2. The second kappa shape index (κ2) is 8.49. The summed E-state index contributed by atoms with van der Waals surface area (Å²) in [5, 5.41) is 2.54. The summed E-state index contributed by atoms with van der Waals surface area (Å²) in [5.74, 6) is -0.479. The van der Waals surface area contributed by atoms with Crippen LogP contribution in [0.2, 0.25) is 0 Å². The van der Waals surface area contributed by atoms with Gasteiger partial charge in [-0.1, -0.05) is 6.07 Å². The number of ether oxygens (including phenoxy) is 1. The second-order valence-corrected chi connectivity index (χ2v) is 7.87. The van der Waals surface area contributed by atoms with Crippen LogP contribution in [0.4, 0.5) is 10.1 Å². The van der Waals surface area contributed by atoms with Gasteiger partial charge in [0, 0.05) is 5.69 Å². The number of carbonyl (C=O) groups excluding carboxylic acids is 1. The lowest BCUT2D eigenvalue weighted by atomic mass is 10.2. The number of rotatable bonds is 7. The highest BCUT2D eigenvalue weighted by atomic mass is 32.2. The molecule has 2 rings (SSSR count). The van der Waals surface area contributed by atoms with Gasteiger partial charge in [0.1, 0.15) is 11.6 Å². The molecule has 0 saturated heterocycles. The van der Waals surface area contributed by atoms with Crippen LogP contribution in [0.15, 0.2) is 41.3 Å². The molecule has 2 aromatic rings. The zero-order valence-corrected chi connectivity index (χ0v) is 16.5. The number of anilines is 1. The van der Waals surface area contributed by atoms with E-state index in [1.165, 1.54) is 37.3 Å².